The number of aromatic amines is 1. The Bertz CT molecular complexity index is 1230. The van der Waals surface area contributed by atoms with Gasteiger partial charge in [0.2, 0.25) is 5.95 Å². The van der Waals surface area contributed by atoms with Gasteiger partial charge >= 0.3 is 0 Å². The summed E-state index contributed by atoms with van der Waals surface area (Å²) >= 11 is 0. The average molecular weight is 463 g/mol. The van der Waals surface area contributed by atoms with E-state index < -0.39 is 5.56 Å². The molecular weight excluding hydrogens is 432 g/mol. The standard InChI is InChI=1S/C25H30N6O3/c1-15(6-13-20(32)17-4-2-3-5-17)28-23(33)18-10-7-16(8-11-18)9-12-19-14-27-22-21(29-19)24(34)31-25(26)30-22/h7-8,10-11,14-15,17H,2-6,9,12-13H2,1H3,(H,28,33)(H3,26,27,30,31,34)/t15-/m1/s1. The Balaban J connectivity index is 1.27. The zero-order chi connectivity index (χ0) is 24.1. The van der Waals surface area contributed by atoms with Crippen LogP contribution in [-0.2, 0) is 17.6 Å². The van der Waals surface area contributed by atoms with Gasteiger partial charge in [0.25, 0.3) is 11.5 Å². The molecule has 3 aromatic rings. The molecule has 1 amide bonds. The molecule has 0 radical (unpaired) electrons. The molecular formula is C25H30N6O3. The maximum Gasteiger partial charge on any atom is 0.280 e. The number of aromatic nitrogens is 4. The van der Waals surface area contributed by atoms with Crippen LogP contribution in [-0.4, -0.2) is 37.7 Å². The Morgan fingerprint density at radius 3 is 2.62 bits per heavy atom. The van der Waals surface area contributed by atoms with Crippen LogP contribution < -0.4 is 16.6 Å². The minimum absolute atomic E-state index is 0.00985. The van der Waals surface area contributed by atoms with Crippen molar-refractivity contribution in [3.8, 4) is 0 Å². The van der Waals surface area contributed by atoms with Crippen molar-refractivity contribution in [2.24, 2.45) is 5.92 Å². The first-order valence-electron chi connectivity index (χ1n) is 11.8. The lowest BCUT2D eigenvalue weighted by Crippen LogP contribution is -2.33. The van der Waals surface area contributed by atoms with E-state index in [1.807, 2.05) is 19.1 Å². The highest BCUT2D eigenvalue weighted by molar-refractivity contribution is 5.94. The normalized spacial score (nSPS) is 14.9. The van der Waals surface area contributed by atoms with E-state index >= 15 is 0 Å². The zero-order valence-corrected chi connectivity index (χ0v) is 19.3. The fourth-order valence-electron chi connectivity index (χ4n) is 4.38. The molecule has 2 aromatic heterocycles. The summed E-state index contributed by atoms with van der Waals surface area (Å²) in [6.45, 7) is 1.94. The van der Waals surface area contributed by atoms with Crippen molar-refractivity contribution in [1.82, 2.24) is 25.3 Å². The van der Waals surface area contributed by atoms with Gasteiger partial charge in [0.15, 0.2) is 11.2 Å². The van der Waals surface area contributed by atoms with E-state index in [4.69, 9.17) is 5.73 Å². The second-order valence-corrected chi connectivity index (χ2v) is 9.04. The van der Waals surface area contributed by atoms with Gasteiger partial charge in [0, 0.05) is 23.9 Å². The highest BCUT2D eigenvalue weighted by atomic mass is 16.2. The van der Waals surface area contributed by atoms with Crippen LogP contribution >= 0.6 is 0 Å². The highest BCUT2D eigenvalue weighted by Gasteiger charge is 2.22. The van der Waals surface area contributed by atoms with Crippen molar-refractivity contribution < 1.29 is 9.59 Å². The molecule has 0 saturated heterocycles. The largest absolute Gasteiger partial charge is 0.369 e. The Labute approximate surface area is 197 Å². The lowest BCUT2D eigenvalue weighted by molar-refractivity contribution is -0.122. The number of nitrogens with one attached hydrogen (secondary N) is 2. The zero-order valence-electron chi connectivity index (χ0n) is 19.3. The molecule has 178 valence electrons. The maximum absolute atomic E-state index is 12.6. The number of nitrogens with two attached hydrogens (primary N) is 1. The number of aryl methyl sites for hydroxylation is 2. The molecule has 4 rings (SSSR count). The van der Waals surface area contributed by atoms with E-state index in [2.05, 4.69) is 25.3 Å². The van der Waals surface area contributed by atoms with E-state index in [1.165, 1.54) is 0 Å². The van der Waals surface area contributed by atoms with Gasteiger partial charge in [-0.3, -0.25) is 19.4 Å². The molecule has 34 heavy (non-hydrogen) atoms. The van der Waals surface area contributed by atoms with Gasteiger partial charge in [-0.2, -0.15) is 4.98 Å². The summed E-state index contributed by atoms with van der Waals surface area (Å²) in [5.74, 6) is 0.436. The minimum atomic E-state index is -0.413. The van der Waals surface area contributed by atoms with E-state index in [-0.39, 0.29) is 35.0 Å². The second kappa shape index (κ2) is 10.5. The molecule has 9 heteroatoms. The first kappa shape index (κ1) is 23.5. The van der Waals surface area contributed by atoms with Crippen molar-refractivity contribution in [2.45, 2.75) is 64.3 Å². The van der Waals surface area contributed by atoms with E-state index in [1.54, 1.807) is 18.3 Å². The Hall–Kier alpha value is -3.62. The van der Waals surface area contributed by atoms with Gasteiger partial charge in [-0.25, -0.2) is 9.97 Å². The quantitative estimate of drug-likeness (QED) is 0.443. The lowest BCUT2D eigenvalue weighted by Gasteiger charge is -2.15. The molecule has 2 heterocycles. The summed E-state index contributed by atoms with van der Waals surface area (Å²) in [5, 5.41) is 2.99. The summed E-state index contributed by atoms with van der Waals surface area (Å²) < 4.78 is 0. The summed E-state index contributed by atoms with van der Waals surface area (Å²) in [5.41, 5.74) is 7.80. The molecule has 1 saturated carbocycles. The SMILES string of the molecule is C[C@H](CCC(=O)C1CCCC1)NC(=O)c1ccc(CCc2cnc3nc(N)[nH]c(=O)c3n2)cc1. The number of rotatable bonds is 9. The van der Waals surface area contributed by atoms with Crippen LogP contribution in [0.4, 0.5) is 5.95 Å². The molecule has 0 spiro atoms. The molecule has 1 atom stereocenters. The Kier molecular flexibility index (Phi) is 7.30. The fraction of sp³-hybridized carbons (Fsp3) is 0.440. The number of hydrogen-bond donors (Lipinski definition) is 3. The number of benzene rings is 1. The van der Waals surface area contributed by atoms with Crippen molar-refractivity contribution in [3.63, 3.8) is 0 Å². The van der Waals surface area contributed by atoms with Gasteiger partial charge in [-0.1, -0.05) is 25.0 Å². The van der Waals surface area contributed by atoms with Gasteiger partial charge in [-0.05, 0) is 56.7 Å². The van der Waals surface area contributed by atoms with Crippen molar-refractivity contribution >= 4 is 28.8 Å². The predicted octanol–water partition coefficient (Wildman–Crippen LogP) is 2.74. The number of Topliss-reactive ketones (excluding diaryl/α,β-unsaturated/α-hetero) is 1. The number of nitrogens with zero attached hydrogens (tertiary/aromatic N) is 3. The number of carbonyl (C=O) groups is 2. The van der Waals surface area contributed by atoms with E-state index in [0.717, 1.165) is 31.2 Å². The van der Waals surface area contributed by atoms with Crippen LogP contribution in [0.1, 0.15) is 67.1 Å². The van der Waals surface area contributed by atoms with Gasteiger partial charge < -0.3 is 11.1 Å². The number of ketones is 1. The smallest absolute Gasteiger partial charge is 0.280 e. The van der Waals surface area contributed by atoms with Gasteiger partial charge in [0.05, 0.1) is 11.9 Å². The highest BCUT2D eigenvalue weighted by Crippen LogP contribution is 2.27. The van der Waals surface area contributed by atoms with Crippen LogP contribution in [0.2, 0.25) is 0 Å². The molecule has 4 N–H and O–H groups in total. The number of anilines is 1. The number of carbonyl (C=O) groups excluding carboxylic acids is 2. The maximum atomic E-state index is 12.6. The minimum Gasteiger partial charge on any atom is -0.369 e. The summed E-state index contributed by atoms with van der Waals surface area (Å²) in [4.78, 5) is 51.8. The summed E-state index contributed by atoms with van der Waals surface area (Å²) in [6, 6.07) is 7.35. The van der Waals surface area contributed by atoms with Crippen LogP contribution in [0, 0.1) is 5.92 Å². The molecule has 1 aliphatic rings. The Morgan fingerprint density at radius 1 is 1.15 bits per heavy atom. The van der Waals surface area contributed by atoms with Crippen LogP contribution in [0.25, 0.3) is 11.2 Å². The molecule has 9 nitrogen and oxygen atoms in total. The first-order chi connectivity index (χ1) is 16.4. The third-order valence-corrected chi connectivity index (χ3v) is 6.38. The van der Waals surface area contributed by atoms with Crippen LogP contribution in [0.3, 0.4) is 0 Å². The topological polar surface area (TPSA) is 144 Å². The van der Waals surface area contributed by atoms with Crippen molar-refractivity contribution in [2.75, 3.05) is 5.73 Å². The fourth-order valence-corrected chi connectivity index (χ4v) is 4.38. The Morgan fingerprint density at radius 2 is 1.88 bits per heavy atom. The molecule has 1 fully saturated rings. The second-order valence-electron chi connectivity index (χ2n) is 9.04. The molecule has 1 aliphatic carbocycles. The summed E-state index contributed by atoms with van der Waals surface area (Å²) in [7, 11) is 0. The molecule has 0 unspecified atom stereocenters. The van der Waals surface area contributed by atoms with Gasteiger partial charge in [0.1, 0.15) is 5.78 Å². The van der Waals surface area contributed by atoms with Crippen molar-refractivity contribution in [1.29, 1.82) is 0 Å². The third-order valence-electron chi connectivity index (χ3n) is 6.38. The number of hydrogen-bond acceptors (Lipinski definition) is 7. The number of nitrogen functional groups attached to an aromatic ring is 1. The average Bonchev–Trinajstić information content (AvgIpc) is 3.37. The summed E-state index contributed by atoms with van der Waals surface area (Å²) in [6.07, 6.45) is 8.40. The van der Waals surface area contributed by atoms with Gasteiger partial charge in [-0.15, -0.1) is 0 Å². The van der Waals surface area contributed by atoms with E-state index in [0.29, 0.717) is 42.7 Å². The first-order valence-corrected chi connectivity index (χ1v) is 11.8. The van der Waals surface area contributed by atoms with Crippen molar-refractivity contribution in [3.05, 3.63) is 57.6 Å². The molecule has 1 aromatic carbocycles. The third kappa shape index (κ3) is 5.84. The van der Waals surface area contributed by atoms with Crippen LogP contribution in [0.5, 0.6) is 0 Å². The molecule has 0 bridgehead atoms. The monoisotopic (exact) mass is 462 g/mol. The lowest BCUT2D eigenvalue weighted by atomic mass is 9.97. The number of fused-ring (bicyclic) bond motifs is 1. The van der Waals surface area contributed by atoms with Crippen LogP contribution in [0.15, 0.2) is 35.3 Å². The molecule has 0 aliphatic heterocycles. The number of H-pyrrole nitrogens is 1. The van der Waals surface area contributed by atoms with E-state index in [9.17, 15) is 14.4 Å². The number of amides is 1. The predicted molar refractivity (Wildman–Crippen MR) is 129 cm³/mol.